The number of Topliss-reactive ketones (excluding diaryl/α,β-unsaturated/α-hetero) is 2. The number of allylic oxidation sites excluding steroid dienone is 20. The second-order valence-electron chi connectivity index (χ2n) is 40.7. The van der Waals surface area contributed by atoms with E-state index >= 15 is 9.59 Å². The first-order valence-corrected chi connectivity index (χ1v) is 56.5. The third-order valence-corrected chi connectivity index (χ3v) is 43.4. The van der Waals surface area contributed by atoms with Crippen LogP contribution in [0, 0.1) is 139 Å². The highest BCUT2D eigenvalue weighted by atomic mass is 32.2. The van der Waals surface area contributed by atoms with E-state index in [0.29, 0.717) is 68.9 Å². The maximum Gasteiger partial charge on any atom is 0.194 e. The smallest absolute Gasteiger partial charge is 0.194 e. The molecule has 16 aliphatic rings. The van der Waals surface area contributed by atoms with Crippen molar-refractivity contribution in [3.05, 3.63) is 180 Å². The van der Waals surface area contributed by atoms with Crippen LogP contribution in [0.1, 0.15) is 315 Å². The highest BCUT2D eigenvalue weighted by Gasteiger charge is 2.76. The number of hydrogen-bond donors (Lipinski definition) is 0. The molecule has 1 aromatic rings. The van der Waals surface area contributed by atoms with Gasteiger partial charge in [-0.1, -0.05) is 283 Å². The third kappa shape index (κ3) is 17.8. The van der Waals surface area contributed by atoms with Gasteiger partial charge in [-0.25, -0.2) is 0 Å². The third-order valence-electron chi connectivity index (χ3n) is 33.8. The summed E-state index contributed by atoms with van der Waals surface area (Å²) in [6.07, 6.45) is 78.9. The van der Waals surface area contributed by atoms with Crippen LogP contribution in [0.5, 0.6) is 0 Å². The van der Waals surface area contributed by atoms with E-state index in [-0.39, 0.29) is 105 Å². The van der Waals surface area contributed by atoms with E-state index in [1.54, 1.807) is 43.9 Å². The topological polar surface area (TPSA) is 148 Å². The molecule has 25 atom stereocenters. The Morgan fingerprint density at radius 2 is 1.33 bits per heavy atom. The molecule has 0 radical (unpaired) electrons. The largest absolute Gasteiger partial charge is 0.487 e. The lowest BCUT2D eigenvalue weighted by Crippen LogP contribution is -2.49. The molecule has 14 heteroatoms. The molecular formula is C112H144N4O4S6. The number of carbonyl (C=O) groups is 2. The Morgan fingerprint density at radius 3 is 2.02 bits per heavy atom. The van der Waals surface area contributed by atoms with Crippen molar-refractivity contribution in [3.63, 3.8) is 0 Å². The van der Waals surface area contributed by atoms with Crippen LogP contribution in [0.2, 0.25) is 0 Å². The van der Waals surface area contributed by atoms with E-state index < -0.39 is 11.8 Å². The number of unbranched alkanes of at least 4 members (excludes halogenated alkanes) is 11. The Hall–Kier alpha value is -5.00. The lowest BCUT2D eigenvalue weighted by molar-refractivity contribution is -0.117. The maximum absolute atomic E-state index is 15.5. The molecular weight excluding hydrogens is 1660 g/mol. The van der Waals surface area contributed by atoms with Gasteiger partial charge in [-0.3, -0.25) is 9.59 Å². The number of nitrogens with zero attached hydrogens (tertiary/aromatic N) is 4. The van der Waals surface area contributed by atoms with Crippen molar-refractivity contribution in [1.29, 1.82) is 21.0 Å². The Balaban J connectivity index is 0.897. The number of hydrogen-bond acceptors (Lipinski definition) is 14. The first-order valence-electron chi connectivity index (χ1n) is 51.0. The highest BCUT2D eigenvalue weighted by molar-refractivity contribution is 8.07. The van der Waals surface area contributed by atoms with Crippen LogP contribution in [0.15, 0.2) is 169 Å². The molecule has 8 nitrogen and oxygen atoms in total. The first kappa shape index (κ1) is 92.8. The van der Waals surface area contributed by atoms with Gasteiger partial charge in [-0.2, -0.15) is 21.0 Å². The van der Waals surface area contributed by atoms with Gasteiger partial charge in [-0.05, 0) is 234 Å². The van der Waals surface area contributed by atoms with Crippen molar-refractivity contribution in [1.82, 2.24) is 0 Å². The molecule has 672 valence electrons. The van der Waals surface area contributed by atoms with Gasteiger partial charge >= 0.3 is 0 Å². The average Bonchev–Trinajstić information content (AvgIpc) is 1.48. The Kier molecular flexibility index (Phi) is 31.3. The van der Waals surface area contributed by atoms with Crippen LogP contribution >= 0.6 is 70.6 Å². The number of carbonyl (C=O) groups excluding carboxylic acids is 2. The second-order valence-corrected chi connectivity index (χ2v) is 48.7. The van der Waals surface area contributed by atoms with E-state index in [1.807, 2.05) is 24.3 Å². The summed E-state index contributed by atoms with van der Waals surface area (Å²) < 4.78 is 14.9. The summed E-state index contributed by atoms with van der Waals surface area (Å²) in [5.74, 6) is 2.24. The molecule has 1 aromatic carbocycles. The monoisotopic (exact) mass is 1800 g/mol. The van der Waals surface area contributed by atoms with Gasteiger partial charge in [0.25, 0.3) is 0 Å². The number of benzene rings is 1. The van der Waals surface area contributed by atoms with E-state index in [0.717, 1.165) is 120 Å². The van der Waals surface area contributed by atoms with Crippen molar-refractivity contribution < 1.29 is 19.1 Å². The van der Waals surface area contributed by atoms with E-state index in [2.05, 4.69) is 222 Å². The SMILES string of the molecule is CCCCCCC1=CC=C(C2(C3=CCC(CCCCCC)C=C3)C3CC(/C=C4\C(=O)C5C=CCCC5C4C(C#N)C#N)SC3C3SC4=C(C5CCC(OCC(CC)CCCC)S5)C5C(SC6C7SC(/C=C8\C(=O)c9ccccc9C8=C(C#N)C#N)CC7C(C7=CCCCC7)(C7C=CC(CCCCCC)CC7)C65)C(C5CC=C(OCC(CC)CCCC)S5)=C4C32)CC1. The van der Waals surface area contributed by atoms with Gasteiger partial charge in [0, 0.05) is 103 Å². The minimum Gasteiger partial charge on any atom is -0.487 e. The molecule has 0 amide bonds. The molecule has 0 spiro atoms. The minimum atomic E-state index is -0.882. The zero-order valence-corrected chi connectivity index (χ0v) is 81.9. The van der Waals surface area contributed by atoms with Crippen molar-refractivity contribution in [2.45, 2.75) is 352 Å². The van der Waals surface area contributed by atoms with Crippen LogP contribution < -0.4 is 0 Å². The molecule has 5 saturated heterocycles. The highest BCUT2D eigenvalue weighted by Crippen LogP contribution is 2.82. The molecule has 126 heavy (non-hydrogen) atoms. The van der Waals surface area contributed by atoms with Gasteiger partial charge in [-0.15, -0.1) is 58.8 Å². The summed E-state index contributed by atoms with van der Waals surface area (Å²) in [4.78, 5) is 32.5. The van der Waals surface area contributed by atoms with E-state index in [4.69, 9.17) is 9.47 Å². The summed E-state index contributed by atoms with van der Waals surface area (Å²) in [6.45, 7) is 18.0. The standard InChI is InChI=1S/C112H144N4O4S6/c1-8-15-20-24-35-72-44-50-78(51-45-72)111(77-38-27-23-28-39-77)89-62-81(60-87-95(75(64-113)65-114)83-40-29-31-42-85(83)103(87)117)121-105(89)109-101(111)99-97(91-56-58-93(123-91)119-68-70(13-6)33-18-11-4)108-100(98(107(99)125-109)92-57-59-94(124-92)120-69-71(14-7)34-19-12-5)102-110(126-108)106-90(63-82(122-106)61-88-96(76(66-115)67-116)84-41-30-32-43-86(84)104(88)118)112(102,79-52-46-73(47-53-79)36-25-21-16-9-2)80-54-48-74(49-55-80)37-26-22-17-10-3/h29,31-32,38,40,42-44,46,48,50,52-54,59-61,70-73,76,78,81-82,84,86,89-93,96,99,101-102,105-107,109-110H,8-28,30,33-37,39,41,45,47,49,51,55-58,62-63,68-69H2,1-7H3/b87-60-,88-61-. The fourth-order valence-electron chi connectivity index (χ4n) is 27.7. The molecule has 17 rings (SSSR count). The molecule has 6 aliphatic heterocycles. The summed E-state index contributed by atoms with van der Waals surface area (Å²) in [5, 5.41) is 46.5. The predicted octanol–water partition coefficient (Wildman–Crippen LogP) is 30.2. The zero-order valence-electron chi connectivity index (χ0n) is 77.0. The van der Waals surface area contributed by atoms with E-state index in [9.17, 15) is 21.0 Å². The molecule has 0 bridgehead atoms. The Morgan fingerprint density at radius 1 is 0.611 bits per heavy atom. The number of fused-ring (bicyclic) bond motifs is 12. The van der Waals surface area contributed by atoms with E-state index in [1.165, 1.54) is 154 Å². The van der Waals surface area contributed by atoms with Crippen molar-refractivity contribution in [2.24, 2.45) is 93.7 Å². The molecule has 25 unspecified atom stereocenters. The van der Waals surface area contributed by atoms with Crippen molar-refractivity contribution in [3.8, 4) is 24.3 Å². The summed E-state index contributed by atoms with van der Waals surface area (Å²) in [6, 6.07) is 17.3. The molecule has 3 saturated carbocycles. The summed E-state index contributed by atoms with van der Waals surface area (Å²) >= 11 is 13.6. The van der Waals surface area contributed by atoms with Crippen LogP contribution in [0.4, 0.5) is 0 Å². The maximum atomic E-state index is 15.5. The number of ether oxygens (including phenoxy) is 2. The van der Waals surface area contributed by atoms with Crippen LogP contribution in [-0.2, 0) is 14.3 Å². The second kappa shape index (κ2) is 42.5. The molecule has 0 aromatic heterocycles. The average molecular weight is 1800 g/mol. The van der Waals surface area contributed by atoms with Crippen molar-refractivity contribution >= 4 is 87.7 Å². The van der Waals surface area contributed by atoms with Gasteiger partial charge < -0.3 is 9.47 Å². The quantitative estimate of drug-likeness (QED) is 0.0268. The Labute approximate surface area is 784 Å². The van der Waals surface area contributed by atoms with Crippen LogP contribution in [-0.4, -0.2) is 77.5 Å². The number of rotatable bonds is 38. The van der Waals surface area contributed by atoms with Gasteiger partial charge in [0.2, 0.25) is 0 Å². The van der Waals surface area contributed by atoms with Gasteiger partial charge in [0.1, 0.15) is 34.2 Å². The lowest BCUT2D eigenvalue weighted by Gasteiger charge is -2.53. The molecule has 10 aliphatic carbocycles. The molecule has 0 N–H and O–H groups in total. The van der Waals surface area contributed by atoms with Crippen molar-refractivity contribution in [2.75, 3.05) is 13.2 Å². The zero-order chi connectivity index (χ0) is 87.2. The fourth-order valence-corrected chi connectivity index (χ4v) is 38.9. The van der Waals surface area contributed by atoms with Gasteiger partial charge in [0.05, 0.1) is 25.4 Å². The first-order chi connectivity index (χ1) is 61.8. The minimum absolute atomic E-state index is 0.00157. The number of ketones is 2. The normalized spacial score (nSPS) is 36.1. The van der Waals surface area contributed by atoms with Gasteiger partial charge in [0.15, 0.2) is 11.6 Å². The molecule has 8 fully saturated rings. The lowest BCUT2D eigenvalue weighted by atomic mass is 9.50. The number of thioether (sulfide) groups is 6. The summed E-state index contributed by atoms with van der Waals surface area (Å²) in [7, 11) is 0. The summed E-state index contributed by atoms with van der Waals surface area (Å²) in [5.41, 5.74) is 14.5. The fraction of sp³-hybridized carbons (Fsp3) is 0.661. The Bertz CT molecular complexity index is 4750. The molecule has 6 heterocycles. The van der Waals surface area contributed by atoms with Crippen LogP contribution in [0.3, 0.4) is 0 Å². The van der Waals surface area contributed by atoms with Crippen LogP contribution in [0.25, 0.3) is 5.57 Å². The number of nitriles is 4. The predicted molar refractivity (Wildman–Crippen MR) is 532 cm³/mol.